The maximum Gasteiger partial charge on any atom is 0.179 e. The molecule has 0 saturated carbocycles. The largest absolute Gasteiger partial charge is 0.493 e. The average molecular weight is 245 g/mol. The van der Waals surface area contributed by atoms with Crippen LogP contribution >= 0.6 is 11.6 Å². The van der Waals surface area contributed by atoms with Gasteiger partial charge in [0.25, 0.3) is 0 Å². The van der Waals surface area contributed by atoms with Crippen molar-refractivity contribution in [3.05, 3.63) is 22.7 Å². The van der Waals surface area contributed by atoms with Crippen LogP contribution in [0.1, 0.15) is 16.8 Å². The minimum absolute atomic E-state index is 0.0480. The lowest BCUT2D eigenvalue weighted by Gasteiger charge is -2.12. The number of hydrogen-bond acceptors (Lipinski definition) is 4. The minimum Gasteiger partial charge on any atom is -0.493 e. The van der Waals surface area contributed by atoms with Crippen LogP contribution in [0.5, 0.6) is 11.5 Å². The fourth-order valence-corrected chi connectivity index (χ4v) is 1.46. The minimum atomic E-state index is 0.0480. The first-order valence-electron chi connectivity index (χ1n) is 4.79. The van der Waals surface area contributed by atoms with E-state index >= 15 is 0 Å². The Morgan fingerprint density at radius 2 is 2.25 bits per heavy atom. The third-order valence-electron chi connectivity index (χ3n) is 1.94. The second-order valence-electron chi connectivity index (χ2n) is 3.08. The number of aliphatic hydroxyl groups excluding tert-OH is 1. The Morgan fingerprint density at radius 1 is 1.50 bits per heavy atom. The Kier molecular flexibility index (Phi) is 5.08. The Morgan fingerprint density at radius 3 is 2.81 bits per heavy atom. The molecule has 0 aliphatic carbocycles. The first kappa shape index (κ1) is 12.8. The summed E-state index contributed by atoms with van der Waals surface area (Å²) in [7, 11) is 1.47. The molecule has 0 saturated heterocycles. The smallest absolute Gasteiger partial charge is 0.179 e. The summed E-state index contributed by atoms with van der Waals surface area (Å²) in [5, 5.41) is 8.95. The molecular weight excluding hydrogens is 232 g/mol. The lowest BCUT2D eigenvalue weighted by molar-refractivity contribution is 0.112. The highest BCUT2D eigenvalue weighted by Crippen LogP contribution is 2.36. The molecule has 16 heavy (non-hydrogen) atoms. The molecule has 0 unspecified atom stereocenters. The molecule has 0 bridgehead atoms. The van der Waals surface area contributed by atoms with Crippen molar-refractivity contribution in [3.8, 4) is 11.5 Å². The van der Waals surface area contributed by atoms with Gasteiger partial charge >= 0.3 is 0 Å². The van der Waals surface area contributed by atoms with E-state index < -0.39 is 0 Å². The highest BCUT2D eigenvalue weighted by molar-refractivity contribution is 6.32. The van der Waals surface area contributed by atoms with E-state index in [0.717, 1.165) is 0 Å². The van der Waals surface area contributed by atoms with Gasteiger partial charge in [-0.3, -0.25) is 4.79 Å². The molecule has 1 rings (SSSR count). The van der Waals surface area contributed by atoms with Crippen molar-refractivity contribution in [1.82, 2.24) is 0 Å². The molecule has 0 fully saturated rings. The fraction of sp³-hybridized carbons (Fsp3) is 0.364. The van der Waals surface area contributed by atoms with Gasteiger partial charge in [-0.25, -0.2) is 0 Å². The Labute approximate surface area is 98.7 Å². The van der Waals surface area contributed by atoms with Crippen molar-refractivity contribution in [2.24, 2.45) is 0 Å². The number of carbonyl (C=O) groups is 1. The number of carbonyl (C=O) groups excluding carboxylic acids is 1. The van der Waals surface area contributed by atoms with Crippen LogP contribution < -0.4 is 9.47 Å². The average Bonchev–Trinajstić information content (AvgIpc) is 2.30. The van der Waals surface area contributed by atoms with Gasteiger partial charge in [-0.1, -0.05) is 11.6 Å². The van der Waals surface area contributed by atoms with Crippen molar-refractivity contribution in [3.63, 3.8) is 0 Å². The molecule has 0 aliphatic rings. The summed E-state index contributed by atoms with van der Waals surface area (Å²) < 4.78 is 10.4. The highest BCUT2D eigenvalue weighted by atomic mass is 35.5. The predicted molar refractivity (Wildman–Crippen MR) is 60.6 cm³/mol. The number of methoxy groups -OCH3 is 1. The molecular formula is C11H13ClO4. The van der Waals surface area contributed by atoms with E-state index in [1.807, 2.05) is 0 Å². The third-order valence-corrected chi connectivity index (χ3v) is 2.22. The van der Waals surface area contributed by atoms with Crippen molar-refractivity contribution in [1.29, 1.82) is 0 Å². The number of rotatable bonds is 6. The summed E-state index contributed by atoms with van der Waals surface area (Å²) in [6.45, 7) is 0.388. The molecule has 0 amide bonds. The normalized spacial score (nSPS) is 9.94. The number of benzene rings is 1. The third kappa shape index (κ3) is 3.12. The maximum atomic E-state index is 10.6. The maximum absolute atomic E-state index is 10.6. The second-order valence-corrected chi connectivity index (χ2v) is 3.48. The SMILES string of the molecule is COc1cc(C=O)cc(Cl)c1OCCCO. The van der Waals surface area contributed by atoms with Gasteiger partial charge in [-0.15, -0.1) is 0 Å². The van der Waals surface area contributed by atoms with E-state index in [-0.39, 0.29) is 6.61 Å². The lowest BCUT2D eigenvalue weighted by atomic mass is 10.2. The highest BCUT2D eigenvalue weighted by Gasteiger charge is 2.11. The van der Waals surface area contributed by atoms with Crippen LogP contribution in [0.4, 0.5) is 0 Å². The van der Waals surface area contributed by atoms with E-state index in [9.17, 15) is 4.79 Å². The van der Waals surface area contributed by atoms with Gasteiger partial charge in [0, 0.05) is 18.6 Å². The number of halogens is 1. The van der Waals surface area contributed by atoms with Crippen LogP contribution in [0.3, 0.4) is 0 Å². The van der Waals surface area contributed by atoms with Crippen molar-refractivity contribution in [2.75, 3.05) is 20.3 Å². The molecule has 5 heteroatoms. The van der Waals surface area contributed by atoms with Gasteiger partial charge in [-0.2, -0.15) is 0 Å². The van der Waals surface area contributed by atoms with Gasteiger partial charge in [0.1, 0.15) is 6.29 Å². The second kappa shape index (κ2) is 6.35. The van der Waals surface area contributed by atoms with E-state index in [1.165, 1.54) is 13.2 Å². The topological polar surface area (TPSA) is 55.8 Å². The van der Waals surface area contributed by atoms with Crippen LogP contribution in [0.2, 0.25) is 5.02 Å². The summed E-state index contributed by atoms with van der Waals surface area (Å²) in [4.78, 5) is 10.6. The Bertz CT molecular complexity index is 365. The zero-order valence-corrected chi connectivity index (χ0v) is 9.66. The predicted octanol–water partition coefficient (Wildman–Crippen LogP) is 1.92. The molecule has 0 radical (unpaired) electrons. The summed E-state index contributed by atoms with van der Waals surface area (Å²) in [5.41, 5.74) is 0.427. The quantitative estimate of drug-likeness (QED) is 0.614. The molecule has 1 N–H and O–H groups in total. The molecule has 0 aliphatic heterocycles. The van der Waals surface area contributed by atoms with Gasteiger partial charge < -0.3 is 14.6 Å². The standard InChI is InChI=1S/C11H13ClO4/c1-15-10-6-8(7-14)5-9(12)11(10)16-4-2-3-13/h5-7,13H,2-4H2,1H3. The molecule has 1 aromatic rings. The molecule has 88 valence electrons. The van der Waals surface area contributed by atoms with Crippen LogP contribution in [-0.2, 0) is 0 Å². The Balaban J connectivity index is 2.92. The van der Waals surface area contributed by atoms with E-state index in [2.05, 4.69) is 0 Å². The van der Waals surface area contributed by atoms with E-state index in [1.54, 1.807) is 6.07 Å². The first-order chi connectivity index (χ1) is 7.72. The van der Waals surface area contributed by atoms with Gasteiger partial charge in [0.15, 0.2) is 11.5 Å². The fourth-order valence-electron chi connectivity index (χ4n) is 1.19. The van der Waals surface area contributed by atoms with Gasteiger partial charge in [0.2, 0.25) is 0 Å². The molecule has 0 aromatic heterocycles. The van der Waals surface area contributed by atoms with E-state index in [0.29, 0.717) is 41.4 Å². The number of aliphatic hydroxyl groups is 1. The zero-order chi connectivity index (χ0) is 12.0. The van der Waals surface area contributed by atoms with Crippen LogP contribution in [0, 0.1) is 0 Å². The van der Waals surface area contributed by atoms with Crippen LogP contribution in [0.15, 0.2) is 12.1 Å². The molecule has 1 aromatic carbocycles. The summed E-state index contributed by atoms with van der Waals surface area (Å²) in [6, 6.07) is 3.05. The number of aldehydes is 1. The van der Waals surface area contributed by atoms with Gasteiger partial charge in [0.05, 0.1) is 18.7 Å². The molecule has 0 spiro atoms. The summed E-state index contributed by atoms with van der Waals surface area (Å²) in [6.07, 6.45) is 1.20. The van der Waals surface area contributed by atoms with Crippen LogP contribution in [0.25, 0.3) is 0 Å². The first-order valence-corrected chi connectivity index (χ1v) is 5.17. The summed E-state index contributed by atoms with van der Waals surface area (Å²) >= 11 is 5.94. The molecule has 4 nitrogen and oxygen atoms in total. The van der Waals surface area contributed by atoms with Crippen molar-refractivity contribution in [2.45, 2.75) is 6.42 Å². The molecule has 0 atom stereocenters. The van der Waals surface area contributed by atoms with E-state index in [4.69, 9.17) is 26.2 Å². The van der Waals surface area contributed by atoms with Crippen molar-refractivity contribution < 1.29 is 19.4 Å². The summed E-state index contributed by atoms with van der Waals surface area (Å²) in [5.74, 6) is 0.802. The zero-order valence-electron chi connectivity index (χ0n) is 8.90. The molecule has 0 heterocycles. The number of hydrogen-bond donors (Lipinski definition) is 1. The van der Waals surface area contributed by atoms with Crippen LogP contribution in [-0.4, -0.2) is 31.7 Å². The van der Waals surface area contributed by atoms with Crippen molar-refractivity contribution >= 4 is 17.9 Å². The number of ether oxygens (including phenoxy) is 2. The monoisotopic (exact) mass is 244 g/mol. The Hall–Kier alpha value is -1.26. The lowest BCUT2D eigenvalue weighted by Crippen LogP contribution is -2.02. The van der Waals surface area contributed by atoms with Gasteiger partial charge in [-0.05, 0) is 12.1 Å².